The molecule has 1 aromatic carbocycles. The van der Waals surface area contributed by atoms with Gasteiger partial charge in [-0.1, -0.05) is 35.1 Å². The number of halogens is 1. The van der Waals surface area contributed by atoms with E-state index in [9.17, 15) is 4.79 Å². The van der Waals surface area contributed by atoms with Crippen LogP contribution in [0.25, 0.3) is 4.96 Å². The fourth-order valence-corrected chi connectivity index (χ4v) is 4.09. The molecule has 1 fully saturated rings. The van der Waals surface area contributed by atoms with Crippen molar-refractivity contribution in [2.24, 2.45) is 0 Å². The van der Waals surface area contributed by atoms with Gasteiger partial charge in [-0.2, -0.15) is 4.52 Å². The fraction of sp³-hybridized carbons (Fsp3) is 0.353. The van der Waals surface area contributed by atoms with Crippen LogP contribution in [-0.2, 0) is 10.2 Å². The Kier molecular flexibility index (Phi) is 4.45. The molecule has 0 bridgehead atoms. The predicted molar refractivity (Wildman–Crippen MR) is 98.8 cm³/mol. The smallest absolute Gasteiger partial charge is 0.275 e. The molecule has 0 aliphatic carbocycles. The van der Waals surface area contributed by atoms with Crippen molar-refractivity contribution in [2.45, 2.75) is 18.3 Å². The summed E-state index contributed by atoms with van der Waals surface area (Å²) in [5.74, 6) is 0. The van der Waals surface area contributed by atoms with Crippen LogP contribution in [0.15, 0.2) is 41.3 Å². The van der Waals surface area contributed by atoms with Crippen LogP contribution < -0.4 is 10.9 Å². The van der Waals surface area contributed by atoms with E-state index in [0.29, 0.717) is 16.6 Å². The van der Waals surface area contributed by atoms with Gasteiger partial charge in [-0.05, 0) is 30.5 Å². The Hall–Kier alpha value is -1.96. The normalized spacial score (nSPS) is 16.8. The monoisotopic (exact) mass is 376 g/mol. The van der Waals surface area contributed by atoms with E-state index in [1.165, 1.54) is 33.7 Å². The average molecular weight is 377 g/mol. The van der Waals surface area contributed by atoms with Crippen molar-refractivity contribution < 1.29 is 4.74 Å². The summed E-state index contributed by atoms with van der Waals surface area (Å²) in [5, 5.41) is 9.16. The van der Waals surface area contributed by atoms with Crippen LogP contribution in [0.5, 0.6) is 0 Å². The van der Waals surface area contributed by atoms with E-state index >= 15 is 0 Å². The maximum absolute atomic E-state index is 11.8. The van der Waals surface area contributed by atoms with Gasteiger partial charge in [0, 0.05) is 42.5 Å². The maximum atomic E-state index is 11.8. The molecular weight excluding hydrogens is 360 g/mol. The molecule has 0 unspecified atom stereocenters. The van der Waals surface area contributed by atoms with E-state index in [2.05, 4.69) is 27.5 Å². The standard InChI is InChI=1S/C17H17ClN4O2S/c18-13-3-1-12(2-4-13)17(6-9-24-10-7-17)11-20-15-21-22-14(23)5-8-19-16(22)25-15/h1-5,8H,6-7,9-11H2,(H,20,21). The van der Waals surface area contributed by atoms with Crippen molar-refractivity contribution >= 4 is 33.0 Å². The number of benzene rings is 1. The summed E-state index contributed by atoms with van der Waals surface area (Å²) < 4.78 is 6.89. The van der Waals surface area contributed by atoms with Crippen molar-refractivity contribution in [3.05, 3.63) is 57.5 Å². The van der Waals surface area contributed by atoms with Crippen molar-refractivity contribution in [2.75, 3.05) is 25.1 Å². The van der Waals surface area contributed by atoms with Gasteiger partial charge < -0.3 is 10.1 Å². The quantitative estimate of drug-likeness (QED) is 0.758. The second-order valence-corrected chi connectivity index (χ2v) is 7.53. The first kappa shape index (κ1) is 16.5. The molecule has 1 saturated heterocycles. The van der Waals surface area contributed by atoms with Crippen LogP contribution in [0.2, 0.25) is 5.02 Å². The molecule has 3 heterocycles. The first-order valence-electron chi connectivity index (χ1n) is 8.09. The van der Waals surface area contributed by atoms with Gasteiger partial charge in [-0.25, -0.2) is 4.98 Å². The number of fused-ring (bicyclic) bond motifs is 1. The van der Waals surface area contributed by atoms with E-state index in [0.717, 1.165) is 31.1 Å². The van der Waals surface area contributed by atoms with E-state index in [-0.39, 0.29) is 11.0 Å². The highest BCUT2D eigenvalue weighted by molar-refractivity contribution is 7.20. The first-order chi connectivity index (χ1) is 12.2. The molecule has 0 saturated carbocycles. The fourth-order valence-electron chi connectivity index (χ4n) is 3.19. The van der Waals surface area contributed by atoms with E-state index in [4.69, 9.17) is 16.3 Å². The van der Waals surface area contributed by atoms with Crippen molar-refractivity contribution in [1.82, 2.24) is 14.6 Å². The number of nitrogens with zero attached hydrogens (tertiary/aromatic N) is 3. The number of aromatic nitrogens is 3. The molecule has 2 aromatic heterocycles. The second kappa shape index (κ2) is 6.74. The molecule has 0 amide bonds. The number of hydrogen-bond acceptors (Lipinski definition) is 6. The molecular formula is C17H17ClN4O2S. The van der Waals surface area contributed by atoms with Crippen LogP contribution in [0.4, 0.5) is 5.13 Å². The Labute approximate surface area is 153 Å². The Morgan fingerprint density at radius 2 is 2.00 bits per heavy atom. The number of rotatable bonds is 4. The maximum Gasteiger partial charge on any atom is 0.275 e. The van der Waals surface area contributed by atoms with Crippen LogP contribution in [0, 0.1) is 0 Å². The zero-order chi connectivity index (χ0) is 17.3. The summed E-state index contributed by atoms with van der Waals surface area (Å²) in [6.45, 7) is 2.17. The Morgan fingerprint density at radius 3 is 2.72 bits per heavy atom. The highest BCUT2D eigenvalue weighted by Crippen LogP contribution is 2.36. The molecule has 0 atom stereocenters. The summed E-state index contributed by atoms with van der Waals surface area (Å²) in [4.78, 5) is 16.6. The Bertz CT molecular complexity index is 932. The lowest BCUT2D eigenvalue weighted by Gasteiger charge is -2.38. The van der Waals surface area contributed by atoms with Gasteiger partial charge in [0.15, 0.2) is 0 Å². The van der Waals surface area contributed by atoms with Gasteiger partial charge in [0.25, 0.3) is 5.56 Å². The third-order valence-corrected chi connectivity index (χ3v) is 5.79. The summed E-state index contributed by atoms with van der Waals surface area (Å²) in [6.07, 6.45) is 3.35. The Morgan fingerprint density at radius 1 is 1.24 bits per heavy atom. The molecule has 25 heavy (non-hydrogen) atoms. The van der Waals surface area contributed by atoms with Crippen molar-refractivity contribution in [1.29, 1.82) is 0 Å². The predicted octanol–water partition coefficient (Wildman–Crippen LogP) is 2.96. The van der Waals surface area contributed by atoms with E-state index < -0.39 is 0 Å². The van der Waals surface area contributed by atoms with E-state index in [1.54, 1.807) is 0 Å². The van der Waals surface area contributed by atoms with Crippen LogP contribution >= 0.6 is 22.9 Å². The van der Waals surface area contributed by atoms with Gasteiger partial charge in [0.2, 0.25) is 10.1 Å². The molecule has 1 N–H and O–H groups in total. The van der Waals surface area contributed by atoms with Gasteiger partial charge in [0.05, 0.1) is 0 Å². The lowest BCUT2D eigenvalue weighted by Crippen LogP contribution is -2.40. The Balaban J connectivity index is 1.61. The van der Waals surface area contributed by atoms with Crippen LogP contribution in [0.3, 0.4) is 0 Å². The lowest BCUT2D eigenvalue weighted by atomic mass is 9.74. The molecule has 3 aromatic rings. The average Bonchev–Trinajstić information content (AvgIpc) is 3.06. The molecule has 0 radical (unpaired) electrons. The zero-order valence-electron chi connectivity index (χ0n) is 13.4. The van der Waals surface area contributed by atoms with Crippen molar-refractivity contribution in [3.63, 3.8) is 0 Å². The molecule has 1 aliphatic heterocycles. The van der Waals surface area contributed by atoms with Gasteiger partial charge in [-0.15, -0.1) is 5.10 Å². The third-order valence-electron chi connectivity index (χ3n) is 4.66. The van der Waals surface area contributed by atoms with Gasteiger partial charge in [0.1, 0.15) is 0 Å². The number of nitrogens with one attached hydrogen (secondary N) is 1. The topological polar surface area (TPSA) is 68.5 Å². The summed E-state index contributed by atoms with van der Waals surface area (Å²) in [5.41, 5.74) is 1.02. The molecule has 8 heteroatoms. The van der Waals surface area contributed by atoms with Crippen LogP contribution in [-0.4, -0.2) is 34.4 Å². The highest BCUT2D eigenvalue weighted by Gasteiger charge is 2.34. The zero-order valence-corrected chi connectivity index (χ0v) is 15.0. The molecule has 0 spiro atoms. The number of hydrogen-bond donors (Lipinski definition) is 1. The summed E-state index contributed by atoms with van der Waals surface area (Å²) in [6, 6.07) is 9.42. The lowest BCUT2D eigenvalue weighted by molar-refractivity contribution is 0.0544. The minimum absolute atomic E-state index is 0.0426. The number of ether oxygens (including phenoxy) is 1. The van der Waals surface area contributed by atoms with Gasteiger partial charge in [-0.3, -0.25) is 4.79 Å². The molecule has 6 nitrogen and oxygen atoms in total. The van der Waals surface area contributed by atoms with E-state index in [1.807, 2.05) is 12.1 Å². The minimum atomic E-state index is -0.173. The highest BCUT2D eigenvalue weighted by atomic mass is 35.5. The van der Waals surface area contributed by atoms with Gasteiger partial charge >= 0.3 is 0 Å². The minimum Gasteiger partial charge on any atom is -0.381 e. The largest absolute Gasteiger partial charge is 0.381 e. The van der Waals surface area contributed by atoms with Crippen LogP contribution in [0.1, 0.15) is 18.4 Å². The summed E-state index contributed by atoms with van der Waals surface area (Å²) in [7, 11) is 0. The second-order valence-electron chi connectivity index (χ2n) is 6.14. The first-order valence-corrected chi connectivity index (χ1v) is 9.28. The van der Waals surface area contributed by atoms with Crippen molar-refractivity contribution in [3.8, 4) is 0 Å². The molecule has 130 valence electrons. The SMILES string of the molecule is O=c1ccnc2sc(NCC3(c4ccc(Cl)cc4)CCOCC3)nn12. The molecule has 1 aliphatic rings. The summed E-state index contributed by atoms with van der Waals surface area (Å²) >= 11 is 7.41. The third kappa shape index (κ3) is 3.27. The molecule has 4 rings (SSSR count). The number of anilines is 1.